The van der Waals surface area contributed by atoms with Crippen LogP contribution in [-0.4, -0.2) is 17.2 Å². The van der Waals surface area contributed by atoms with Gasteiger partial charge in [0, 0.05) is 17.4 Å². The molecule has 0 aromatic heterocycles. The van der Waals surface area contributed by atoms with Gasteiger partial charge in [-0.2, -0.15) is 0 Å². The van der Waals surface area contributed by atoms with Crippen molar-refractivity contribution >= 4 is 5.97 Å². The van der Waals surface area contributed by atoms with E-state index in [1.807, 2.05) is 48.5 Å². The van der Waals surface area contributed by atoms with Crippen molar-refractivity contribution in [3.05, 3.63) is 65.7 Å². The first-order chi connectivity index (χ1) is 10.3. The summed E-state index contributed by atoms with van der Waals surface area (Å²) in [7, 11) is 0. The van der Waals surface area contributed by atoms with Gasteiger partial charge in [-0.25, -0.2) is 0 Å². The Morgan fingerprint density at radius 2 is 1.71 bits per heavy atom. The van der Waals surface area contributed by atoms with Gasteiger partial charge in [0.25, 0.3) is 0 Å². The van der Waals surface area contributed by atoms with Crippen molar-refractivity contribution in [1.29, 1.82) is 0 Å². The number of aliphatic carboxylic acids is 1. The Balaban J connectivity index is 1.82. The van der Waals surface area contributed by atoms with E-state index in [0.717, 1.165) is 16.9 Å². The summed E-state index contributed by atoms with van der Waals surface area (Å²) in [5.41, 5.74) is 2.25. The van der Waals surface area contributed by atoms with Gasteiger partial charge in [-0.3, -0.25) is 4.79 Å². The SMILES string of the molecule is O=C(O)C1CC2Oc3ccccc3C2C1c1ccccc1. The van der Waals surface area contributed by atoms with Gasteiger partial charge in [0.15, 0.2) is 0 Å². The summed E-state index contributed by atoms with van der Waals surface area (Å²) in [4.78, 5) is 11.7. The summed E-state index contributed by atoms with van der Waals surface area (Å²) >= 11 is 0. The second kappa shape index (κ2) is 4.62. The molecule has 1 N–H and O–H groups in total. The lowest BCUT2D eigenvalue weighted by Crippen LogP contribution is -2.19. The Morgan fingerprint density at radius 3 is 2.48 bits per heavy atom. The molecule has 1 saturated carbocycles. The van der Waals surface area contributed by atoms with E-state index in [0.29, 0.717) is 6.42 Å². The van der Waals surface area contributed by atoms with E-state index in [-0.39, 0.29) is 23.9 Å². The van der Waals surface area contributed by atoms with Crippen LogP contribution in [-0.2, 0) is 4.79 Å². The van der Waals surface area contributed by atoms with Gasteiger partial charge in [-0.1, -0.05) is 48.5 Å². The third-order valence-corrected chi connectivity index (χ3v) is 4.77. The molecular formula is C18H16O3. The fourth-order valence-electron chi connectivity index (χ4n) is 3.94. The first-order valence-electron chi connectivity index (χ1n) is 7.29. The third kappa shape index (κ3) is 1.84. The molecule has 0 amide bonds. The Kier molecular flexibility index (Phi) is 2.74. The lowest BCUT2D eigenvalue weighted by atomic mass is 9.80. The Hall–Kier alpha value is -2.29. The summed E-state index contributed by atoms with van der Waals surface area (Å²) in [6.45, 7) is 0. The standard InChI is InChI=1S/C18H16O3/c19-18(20)13-10-15-17(12-8-4-5-9-14(12)21-15)16(13)11-6-2-1-3-7-11/h1-9,13,15-17H,10H2,(H,19,20). The fraction of sp³-hybridized carbons (Fsp3) is 0.278. The monoisotopic (exact) mass is 280 g/mol. The number of fused-ring (bicyclic) bond motifs is 3. The molecule has 0 bridgehead atoms. The molecule has 3 heteroatoms. The van der Waals surface area contributed by atoms with E-state index in [1.54, 1.807) is 0 Å². The molecule has 2 aromatic rings. The quantitative estimate of drug-likeness (QED) is 0.917. The van der Waals surface area contributed by atoms with Crippen LogP contribution in [0.4, 0.5) is 0 Å². The second-order valence-corrected chi connectivity index (χ2v) is 5.84. The normalized spacial score (nSPS) is 29.5. The van der Waals surface area contributed by atoms with Crippen LogP contribution in [0.2, 0.25) is 0 Å². The zero-order chi connectivity index (χ0) is 14.4. The van der Waals surface area contributed by atoms with E-state index >= 15 is 0 Å². The first-order valence-corrected chi connectivity index (χ1v) is 7.29. The molecule has 1 aliphatic carbocycles. The molecule has 1 aliphatic heterocycles. The highest BCUT2D eigenvalue weighted by Crippen LogP contribution is 2.56. The number of benzene rings is 2. The van der Waals surface area contributed by atoms with Gasteiger partial charge >= 0.3 is 5.97 Å². The average molecular weight is 280 g/mol. The van der Waals surface area contributed by atoms with E-state index in [9.17, 15) is 9.90 Å². The molecule has 21 heavy (non-hydrogen) atoms. The second-order valence-electron chi connectivity index (χ2n) is 5.84. The summed E-state index contributed by atoms with van der Waals surface area (Å²) in [6, 6.07) is 18.0. The van der Waals surface area contributed by atoms with Crippen LogP contribution in [0, 0.1) is 5.92 Å². The van der Waals surface area contributed by atoms with Crippen molar-refractivity contribution < 1.29 is 14.6 Å². The smallest absolute Gasteiger partial charge is 0.307 e. The van der Waals surface area contributed by atoms with Crippen LogP contribution in [0.1, 0.15) is 29.4 Å². The highest BCUT2D eigenvalue weighted by Gasteiger charge is 2.52. The predicted octanol–water partition coefficient (Wildman–Crippen LogP) is 3.42. The fourth-order valence-corrected chi connectivity index (χ4v) is 3.94. The zero-order valence-corrected chi connectivity index (χ0v) is 11.5. The number of carboxylic acid groups (broad SMARTS) is 1. The van der Waals surface area contributed by atoms with Gasteiger partial charge in [0.1, 0.15) is 11.9 Å². The predicted molar refractivity (Wildman–Crippen MR) is 78.5 cm³/mol. The van der Waals surface area contributed by atoms with Crippen molar-refractivity contribution in [2.75, 3.05) is 0 Å². The highest BCUT2D eigenvalue weighted by atomic mass is 16.5. The topological polar surface area (TPSA) is 46.5 Å². The Labute approximate surface area is 123 Å². The maximum atomic E-state index is 11.7. The highest BCUT2D eigenvalue weighted by molar-refractivity contribution is 5.73. The van der Waals surface area contributed by atoms with Crippen molar-refractivity contribution in [2.45, 2.75) is 24.4 Å². The van der Waals surface area contributed by atoms with Crippen LogP contribution in [0.15, 0.2) is 54.6 Å². The van der Waals surface area contributed by atoms with Gasteiger partial charge < -0.3 is 9.84 Å². The summed E-state index contributed by atoms with van der Waals surface area (Å²) in [5, 5.41) is 9.59. The Bertz CT molecular complexity index is 680. The van der Waals surface area contributed by atoms with Crippen molar-refractivity contribution in [1.82, 2.24) is 0 Å². The molecule has 3 nitrogen and oxygen atoms in total. The number of ether oxygens (including phenoxy) is 1. The summed E-state index contributed by atoms with van der Waals surface area (Å²) in [5.74, 6) is -0.0607. The van der Waals surface area contributed by atoms with Crippen LogP contribution >= 0.6 is 0 Å². The molecule has 0 spiro atoms. The zero-order valence-electron chi connectivity index (χ0n) is 11.5. The summed E-state index contributed by atoms with van der Waals surface area (Å²) in [6.07, 6.45) is 0.558. The number of carbonyl (C=O) groups is 1. The molecule has 1 fully saturated rings. The van der Waals surface area contributed by atoms with Crippen molar-refractivity contribution in [3.63, 3.8) is 0 Å². The number of hydrogen-bond donors (Lipinski definition) is 1. The van der Waals surface area contributed by atoms with E-state index in [1.165, 1.54) is 0 Å². The molecule has 0 radical (unpaired) electrons. The largest absolute Gasteiger partial charge is 0.489 e. The maximum absolute atomic E-state index is 11.7. The van der Waals surface area contributed by atoms with Gasteiger partial charge in [-0.15, -0.1) is 0 Å². The molecular weight excluding hydrogens is 264 g/mol. The minimum Gasteiger partial charge on any atom is -0.489 e. The molecule has 2 aliphatic rings. The Morgan fingerprint density at radius 1 is 1.00 bits per heavy atom. The molecule has 0 saturated heterocycles. The van der Waals surface area contributed by atoms with E-state index in [2.05, 4.69) is 6.07 Å². The van der Waals surface area contributed by atoms with E-state index < -0.39 is 5.97 Å². The van der Waals surface area contributed by atoms with Crippen LogP contribution in [0.5, 0.6) is 5.75 Å². The molecule has 4 atom stereocenters. The average Bonchev–Trinajstić information content (AvgIpc) is 3.03. The van der Waals surface area contributed by atoms with Gasteiger partial charge in [0.05, 0.1) is 5.92 Å². The van der Waals surface area contributed by atoms with Crippen LogP contribution < -0.4 is 4.74 Å². The number of para-hydroxylation sites is 1. The molecule has 2 aromatic carbocycles. The first kappa shape index (κ1) is 12.5. The third-order valence-electron chi connectivity index (χ3n) is 4.77. The number of carboxylic acids is 1. The summed E-state index contributed by atoms with van der Waals surface area (Å²) < 4.78 is 6.00. The van der Waals surface area contributed by atoms with Crippen molar-refractivity contribution in [2.24, 2.45) is 5.92 Å². The van der Waals surface area contributed by atoms with Crippen molar-refractivity contribution in [3.8, 4) is 5.75 Å². The molecule has 4 unspecified atom stereocenters. The van der Waals surface area contributed by atoms with E-state index in [4.69, 9.17) is 4.74 Å². The minimum absolute atomic E-state index is 0.0163. The lowest BCUT2D eigenvalue weighted by molar-refractivity contribution is -0.142. The number of rotatable bonds is 2. The molecule has 106 valence electrons. The molecule has 4 rings (SSSR count). The molecule has 1 heterocycles. The number of hydrogen-bond acceptors (Lipinski definition) is 2. The minimum atomic E-state index is -0.723. The lowest BCUT2D eigenvalue weighted by Gasteiger charge is -2.22. The van der Waals surface area contributed by atoms with Gasteiger partial charge in [-0.05, 0) is 18.1 Å². The maximum Gasteiger partial charge on any atom is 0.307 e. The van der Waals surface area contributed by atoms with Crippen LogP contribution in [0.3, 0.4) is 0 Å². The van der Waals surface area contributed by atoms with Gasteiger partial charge in [0.2, 0.25) is 0 Å². The van der Waals surface area contributed by atoms with Crippen LogP contribution in [0.25, 0.3) is 0 Å².